The second-order valence-corrected chi connectivity index (χ2v) is 17.5. The van der Waals surface area contributed by atoms with Crippen LogP contribution in [-0.2, 0) is 85.6 Å². The number of carboxylic acids is 1. The number of quaternary nitrogens is 1. The van der Waals surface area contributed by atoms with Crippen LogP contribution in [0.25, 0.3) is 0 Å². The number of ether oxygens (including phenoxy) is 13. The maximum Gasteiger partial charge on any atom is 0.408 e. The molecule has 4 unspecified atom stereocenters. The molecule has 0 heterocycles. The number of hydrogen-bond acceptors (Lipinski definition) is 26. The van der Waals surface area contributed by atoms with Gasteiger partial charge in [-0.3, -0.25) is 19.2 Å². The largest absolute Gasteiger partial charge is 0.550 e. The lowest BCUT2D eigenvalue weighted by atomic mass is 10.2. The van der Waals surface area contributed by atoms with Gasteiger partial charge < -0.3 is 114 Å². The first-order valence-corrected chi connectivity index (χ1v) is 24.8. The van der Waals surface area contributed by atoms with Crippen molar-refractivity contribution in [3.05, 3.63) is 0 Å². The van der Waals surface area contributed by atoms with Gasteiger partial charge in [-0.15, -0.1) is 0 Å². The minimum Gasteiger partial charge on any atom is -0.550 e. The molecule has 0 saturated heterocycles. The van der Waals surface area contributed by atoms with E-state index in [0.29, 0.717) is 66.1 Å². The second kappa shape index (κ2) is 66.2. The normalized spacial score (nSPS) is 11.4. The molecule has 0 radical (unpaired) electrons. The Bertz CT molecular complexity index is 1400. The van der Waals surface area contributed by atoms with Gasteiger partial charge >= 0.3 is 42.2 Å². The number of hydrogen-bond donors (Lipinski definition) is 8. The summed E-state index contributed by atoms with van der Waals surface area (Å²) >= 11 is 0. The smallest absolute Gasteiger partial charge is 0.408 e. The van der Waals surface area contributed by atoms with E-state index < -0.39 is 65.9 Å². The van der Waals surface area contributed by atoms with E-state index in [1.165, 1.54) is 27.7 Å². The number of aliphatic hydroxyl groups is 4. The third kappa shape index (κ3) is 98.2. The van der Waals surface area contributed by atoms with Gasteiger partial charge in [0.25, 0.3) is 0 Å². The summed E-state index contributed by atoms with van der Waals surface area (Å²) in [6.07, 6.45) is -1.90. The predicted octanol–water partition coefficient (Wildman–Crippen LogP) is -0.844. The lowest BCUT2D eigenvalue weighted by Crippen LogP contribution is -2.65. The van der Waals surface area contributed by atoms with Crippen LogP contribution in [0.15, 0.2) is 0 Å². The van der Waals surface area contributed by atoms with E-state index in [-0.39, 0.29) is 84.1 Å². The number of carboxylic acid groups (broad SMARTS) is 1. The van der Waals surface area contributed by atoms with E-state index in [1.807, 2.05) is 27.7 Å². The highest BCUT2D eigenvalue weighted by molar-refractivity contribution is 5.69. The van der Waals surface area contributed by atoms with Crippen LogP contribution in [0.1, 0.15) is 90.5 Å². The molecule has 80 heavy (non-hydrogen) atoms. The average Bonchev–Trinajstić information content (AvgIpc) is 3.35. The van der Waals surface area contributed by atoms with Crippen molar-refractivity contribution < 1.29 is 131 Å². The molecule has 4 atom stereocenters. The van der Waals surface area contributed by atoms with Gasteiger partial charge in [0.1, 0.15) is 38.1 Å². The molecule has 10 N–H and O–H groups in total. The van der Waals surface area contributed by atoms with E-state index in [4.69, 9.17) is 73.0 Å². The third-order valence-corrected chi connectivity index (χ3v) is 7.09. The number of alkyl carbamates (subject to hydrolysis) is 3. The Morgan fingerprint density at radius 2 is 0.688 bits per heavy atom. The molecule has 0 aliphatic rings. The molecule has 0 saturated carbocycles. The molecule has 0 rings (SSSR count). The average molecular weight is 1180 g/mol. The Balaban J connectivity index is -0.000000130. The summed E-state index contributed by atoms with van der Waals surface area (Å²) in [5.41, 5.74) is 2.90. The lowest BCUT2D eigenvalue weighted by Gasteiger charge is -2.22. The second-order valence-electron chi connectivity index (χ2n) is 17.5. The zero-order chi connectivity index (χ0) is 62.6. The van der Waals surface area contributed by atoms with Crippen molar-refractivity contribution in [2.75, 3.05) is 147 Å². The summed E-state index contributed by atoms with van der Waals surface area (Å²) < 4.78 is 62.3. The fraction of sp³-hybridized carbons (Fsp3) is 0.840. The quantitative estimate of drug-likeness (QED) is 0.0238. The highest BCUT2D eigenvalue weighted by Gasteiger charge is 2.20. The molecule has 0 aliphatic heterocycles. The number of aliphatic carboxylic acids is 1. The summed E-state index contributed by atoms with van der Waals surface area (Å²) in [4.78, 5) is 84.2. The maximum atomic E-state index is 11.3. The first kappa shape index (κ1) is 91.2. The molecule has 0 bridgehead atoms. The van der Waals surface area contributed by atoms with Crippen LogP contribution in [0, 0.1) is 11.8 Å². The van der Waals surface area contributed by atoms with Crippen LogP contribution in [-0.4, -0.2) is 246 Å². The van der Waals surface area contributed by atoms with Gasteiger partial charge in [0.05, 0.1) is 111 Å². The van der Waals surface area contributed by atoms with Crippen LogP contribution < -0.4 is 26.8 Å². The standard InChI is InChI=1S/3C10H19NO5.2C6H14O3.C5H11NO3.C2H4O2.CH4/c1-7(13)15-6-8(5-12)11-9(14)16-10(2,3)4;2*1-7(2)5-16-10(14)11-9(4-12)6-15-8(3)13;2*1-7-3-5-9-6-4-8-2;1-4(8)9-3-5(6)2-7;1-2(3)4;/h8,12H,5-6H2,1-4H3,(H,11,14);2*7,9,12H,4-6H2,1-3H3,(H,11,14);2*3-6H2,1-2H3;5,7H,2-3,6H2,1H3;1H3,(H,3,4);1H4. The zero-order valence-corrected chi connectivity index (χ0v) is 49.7. The molecular formula is C50H104N4O26. The van der Waals surface area contributed by atoms with Crippen molar-refractivity contribution in [1.82, 2.24) is 16.0 Å². The van der Waals surface area contributed by atoms with Crippen LogP contribution >= 0.6 is 0 Å². The Morgan fingerprint density at radius 1 is 0.438 bits per heavy atom. The molecule has 0 fully saturated rings. The summed E-state index contributed by atoms with van der Waals surface area (Å²) in [7, 11) is 6.61. The van der Waals surface area contributed by atoms with E-state index >= 15 is 0 Å². The van der Waals surface area contributed by atoms with E-state index in [0.717, 1.165) is 6.92 Å². The fourth-order valence-electron chi connectivity index (χ4n) is 3.51. The number of carbonyl (C=O) groups is 8. The molecule has 3 amide bonds. The number of esters is 4. The Morgan fingerprint density at radius 3 is 0.887 bits per heavy atom. The molecule has 0 aromatic heterocycles. The van der Waals surface area contributed by atoms with Crippen molar-refractivity contribution >= 4 is 48.1 Å². The number of carbonyl (C=O) groups excluding carboxylic acids is 8. The molecule has 0 aliphatic carbocycles. The Kier molecular flexibility index (Phi) is 75.5. The number of methoxy groups -OCH3 is 4. The van der Waals surface area contributed by atoms with Gasteiger partial charge in [0, 0.05) is 62.1 Å². The Labute approximate surface area is 473 Å². The highest BCUT2D eigenvalue weighted by atomic mass is 16.6. The van der Waals surface area contributed by atoms with Crippen LogP contribution in [0.3, 0.4) is 0 Å². The van der Waals surface area contributed by atoms with E-state index in [1.54, 1.807) is 49.2 Å². The summed E-state index contributed by atoms with van der Waals surface area (Å²) in [6.45, 7) is 23.7. The minimum absolute atomic E-state index is 0. The van der Waals surface area contributed by atoms with Crippen LogP contribution in [0.4, 0.5) is 14.4 Å². The summed E-state index contributed by atoms with van der Waals surface area (Å²) in [5, 5.41) is 51.2. The zero-order valence-electron chi connectivity index (χ0n) is 49.7. The topological polar surface area (TPSA) is 424 Å². The molecule has 0 aromatic rings. The SMILES string of the molecule is C.CC(=O)OCC(CO)NC(=O)OC(C)(C)C.CC(=O)OCC(CO)NC(=O)OCC(C)C.CC(=O)OCC(CO)NC(=O)OCC(C)C.CC(=O)OCC([NH3+])CO.CC(=O)[O-].COCCOCCOC.COCCOCCOC. The summed E-state index contributed by atoms with van der Waals surface area (Å²) in [5.74, 6) is -2.33. The molecule has 30 heteroatoms. The molecular weight excluding hydrogens is 1070 g/mol. The Hall–Kier alpha value is -5.28. The van der Waals surface area contributed by atoms with Gasteiger partial charge in [-0.2, -0.15) is 0 Å². The molecule has 0 spiro atoms. The monoisotopic (exact) mass is 1180 g/mol. The fourth-order valence-corrected chi connectivity index (χ4v) is 3.51. The van der Waals surface area contributed by atoms with Gasteiger partial charge in [-0.25, -0.2) is 14.4 Å². The molecule has 480 valence electrons. The molecule has 30 nitrogen and oxygen atoms in total. The number of rotatable bonds is 31. The number of nitrogens with one attached hydrogen (secondary N) is 3. The van der Waals surface area contributed by atoms with Crippen molar-refractivity contribution in [3.8, 4) is 0 Å². The van der Waals surface area contributed by atoms with Crippen LogP contribution in [0.2, 0.25) is 0 Å². The number of aliphatic hydroxyl groups excluding tert-OH is 4. The third-order valence-electron chi connectivity index (χ3n) is 7.09. The van der Waals surface area contributed by atoms with Crippen molar-refractivity contribution in [2.24, 2.45) is 11.8 Å². The highest BCUT2D eigenvalue weighted by Crippen LogP contribution is 2.07. The molecule has 0 aromatic carbocycles. The van der Waals surface area contributed by atoms with E-state index in [9.17, 15) is 33.6 Å². The van der Waals surface area contributed by atoms with Gasteiger partial charge in [-0.05, 0) is 39.5 Å². The first-order valence-electron chi connectivity index (χ1n) is 24.8. The predicted molar refractivity (Wildman–Crippen MR) is 287 cm³/mol. The van der Waals surface area contributed by atoms with Crippen molar-refractivity contribution in [2.45, 2.75) is 120 Å². The van der Waals surface area contributed by atoms with Crippen LogP contribution in [0.5, 0.6) is 0 Å². The van der Waals surface area contributed by atoms with Gasteiger partial charge in [-0.1, -0.05) is 35.1 Å². The van der Waals surface area contributed by atoms with Gasteiger partial charge in [0.2, 0.25) is 0 Å². The lowest BCUT2D eigenvalue weighted by molar-refractivity contribution is -0.430. The van der Waals surface area contributed by atoms with Crippen molar-refractivity contribution in [1.29, 1.82) is 0 Å². The minimum atomic E-state index is -1.08. The maximum absolute atomic E-state index is 11.3. The summed E-state index contributed by atoms with van der Waals surface area (Å²) in [6, 6.07) is -2.13. The van der Waals surface area contributed by atoms with Gasteiger partial charge in [0.15, 0.2) is 0 Å². The van der Waals surface area contributed by atoms with E-state index in [2.05, 4.69) is 40.6 Å². The van der Waals surface area contributed by atoms with Crippen molar-refractivity contribution in [3.63, 3.8) is 0 Å². The first-order chi connectivity index (χ1) is 36.9. The number of amides is 3.